The Morgan fingerprint density at radius 2 is 2.06 bits per heavy atom. The minimum Gasteiger partial charge on any atom is -0.351 e. The van der Waals surface area contributed by atoms with Crippen molar-refractivity contribution in [1.29, 1.82) is 0 Å². The molecule has 2 atom stereocenters. The third kappa shape index (κ3) is 2.95. The third-order valence-electron chi connectivity index (χ3n) is 3.19. The van der Waals surface area contributed by atoms with Crippen molar-refractivity contribution >= 4 is 15.7 Å². The second-order valence-corrected chi connectivity index (χ2v) is 6.84. The van der Waals surface area contributed by atoms with E-state index in [2.05, 4.69) is 10.6 Å². The molecule has 0 bridgehead atoms. The first kappa shape index (κ1) is 11.9. The number of hydrogen-bond acceptors (Lipinski definition) is 4. The molecule has 1 amide bonds. The van der Waals surface area contributed by atoms with E-state index in [0.29, 0.717) is 6.42 Å². The smallest absolute Gasteiger partial charge is 0.237 e. The van der Waals surface area contributed by atoms with Gasteiger partial charge in [-0.1, -0.05) is 0 Å². The van der Waals surface area contributed by atoms with Crippen LogP contribution in [0.15, 0.2) is 0 Å². The highest BCUT2D eigenvalue weighted by Gasteiger charge is 2.29. The van der Waals surface area contributed by atoms with Gasteiger partial charge < -0.3 is 10.6 Å². The van der Waals surface area contributed by atoms with Gasteiger partial charge in [-0.3, -0.25) is 4.79 Å². The summed E-state index contributed by atoms with van der Waals surface area (Å²) in [7, 11) is -2.94. The fourth-order valence-electron chi connectivity index (χ4n) is 2.35. The number of carbonyl (C=O) groups is 1. The maximum Gasteiger partial charge on any atom is 0.237 e. The first-order valence-corrected chi connectivity index (χ1v) is 7.63. The summed E-state index contributed by atoms with van der Waals surface area (Å²) >= 11 is 0. The van der Waals surface area contributed by atoms with Gasteiger partial charge in [-0.25, -0.2) is 8.42 Å². The van der Waals surface area contributed by atoms with Crippen LogP contribution >= 0.6 is 0 Å². The molecule has 92 valence electrons. The van der Waals surface area contributed by atoms with Crippen molar-refractivity contribution in [3.05, 3.63) is 0 Å². The van der Waals surface area contributed by atoms with E-state index in [9.17, 15) is 13.2 Å². The van der Waals surface area contributed by atoms with E-state index in [1.165, 1.54) is 0 Å². The fourth-order valence-corrected chi connectivity index (χ4v) is 3.98. The van der Waals surface area contributed by atoms with Gasteiger partial charge in [0, 0.05) is 6.04 Å². The molecule has 1 unspecified atom stereocenters. The van der Waals surface area contributed by atoms with E-state index in [-0.39, 0.29) is 29.5 Å². The third-order valence-corrected chi connectivity index (χ3v) is 5.01. The first-order valence-electron chi connectivity index (χ1n) is 5.81. The van der Waals surface area contributed by atoms with Crippen LogP contribution in [-0.2, 0) is 14.6 Å². The highest BCUT2D eigenvalue weighted by Crippen LogP contribution is 2.13. The topological polar surface area (TPSA) is 75.3 Å². The van der Waals surface area contributed by atoms with Gasteiger partial charge in [0.15, 0.2) is 9.84 Å². The molecule has 2 aliphatic rings. The molecule has 0 aromatic carbocycles. The largest absolute Gasteiger partial charge is 0.351 e. The van der Waals surface area contributed by atoms with Gasteiger partial charge in [-0.05, 0) is 32.2 Å². The average molecular weight is 246 g/mol. The van der Waals surface area contributed by atoms with E-state index >= 15 is 0 Å². The van der Waals surface area contributed by atoms with Crippen molar-refractivity contribution in [3.63, 3.8) is 0 Å². The maximum atomic E-state index is 11.8. The summed E-state index contributed by atoms with van der Waals surface area (Å²) < 4.78 is 22.8. The highest BCUT2D eigenvalue weighted by atomic mass is 32.2. The Labute approximate surface area is 95.9 Å². The monoisotopic (exact) mass is 246 g/mol. The van der Waals surface area contributed by atoms with Crippen molar-refractivity contribution in [2.24, 2.45) is 0 Å². The molecule has 0 aromatic rings. The van der Waals surface area contributed by atoms with Gasteiger partial charge in [-0.15, -0.1) is 0 Å². The van der Waals surface area contributed by atoms with Gasteiger partial charge in [0.05, 0.1) is 17.5 Å². The van der Waals surface area contributed by atoms with E-state index < -0.39 is 9.84 Å². The number of hydrogen-bond donors (Lipinski definition) is 2. The standard InChI is InChI=1S/C10H18N2O3S/c13-10(9-4-1-5-11-9)12-8-3-2-6-16(14,15)7-8/h8-9,11H,1-7H2,(H,12,13)/t8?,9-/m0/s1. The van der Waals surface area contributed by atoms with E-state index in [4.69, 9.17) is 0 Å². The summed E-state index contributed by atoms with van der Waals surface area (Å²) in [5.41, 5.74) is 0. The molecule has 2 rings (SSSR count). The van der Waals surface area contributed by atoms with Crippen LogP contribution in [0.2, 0.25) is 0 Å². The van der Waals surface area contributed by atoms with Crippen molar-refractivity contribution in [1.82, 2.24) is 10.6 Å². The normalized spacial score (nSPS) is 33.5. The van der Waals surface area contributed by atoms with Crippen LogP contribution in [0.4, 0.5) is 0 Å². The number of nitrogens with one attached hydrogen (secondary N) is 2. The lowest BCUT2D eigenvalue weighted by atomic mass is 10.1. The summed E-state index contributed by atoms with van der Waals surface area (Å²) in [5, 5.41) is 5.94. The average Bonchev–Trinajstić information content (AvgIpc) is 2.68. The van der Waals surface area contributed by atoms with Gasteiger partial charge >= 0.3 is 0 Å². The SMILES string of the molecule is O=C(NC1CCCS(=O)(=O)C1)[C@@H]1CCCN1. The van der Waals surface area contributed by atoms with Gasteiger partial charge in [0.25, 0.3) is 0 Å². The zero-order chi connectivity index (χ0) is 11.6. The van der Waals surface area contributed by atoms with Crippen molar-refractivity contribution < 1.29 is 13.2 Å². The van der Waals surface area contributed by atoms with E-state index in [1.54, 1.807) is 0 Å². The molecule has 2 aliphatic heterocycles. The van der Waals surface area contributed by atoms with Crippen molar-refractivity contribution in [2.75, 3.05) is 18.1 Å². The minimum absolute atomic E-state index is 0.0420. The molecule has 0 aliphatic carbocycles. The molecular formula is C10H18N2O3S. The fraction of sp³-hybridized carbons (Fsp3) is 0.900. The highest BCUT2D eigenvalue weighted by molar-refractivity contribution is 7.91. The summed E-state index contributed by atoms with van der Waals surface area (Å²) in [6.45, 7) is 0.876. The van der Waals surface area contributed by atoms with Crippen molar-refractivity contribution in [2.45, 2.75) is 37.8 Å². The molecule has 2 fully saturated rings. The number of amides is 1. The summed E-state index contributed by atoms with van der Waals surface area (Å²) in [4.78, 5) is 11.8. The van der Waals surface area contributed by atoms with Gasteiger partial charge in [-0.2, -0.15) is 0 Å². The molecule has 2 saturated heterocycles. The maximum absolute atomic E-state index is 11.8. The molecule has 6 heteroatoms. The van der Waals surface area contributed by atoms with Crippen LogP contribution in [-0.4, -0.2) is 44.5 Å². The van der Waals surface area contributed by atoms with Gasteiger partial charge in [0.2, 0.25) is 5.91 Å². The van der Waals surface area contributed by atoms with Crippen LogP contribution < -0.4 is 10.6 Å². The molecule has 0 saturated carbocycles. The summed E-state index contributed by atoms with van der Waals surface area (Å²) in [6.07, 6.45) is 3.30. The van der Waals surface area contributed by atoms with E-state index in [1.807, 2.05) is 0 Å². The Balaban J connectivity index is 1.86. The Kier molecular flexibility index (Phi) is 3.49. The number of sulfone groups is 1. The summed E-state index contributed by atoms with van der Waals surface area (Å²) in [5.74, 6) is 0.326. The molecule has 0 radical (unpaired) electrons. The molecule has 2 heterocycles. The van der Waals surface area contributed by atoms with Crippen LogP contribution in [0.3, 0.4) is 0 Å². The minimum atomic E-state index is -2.94. The van der Waals surface area contributed by atoms with Crippen LogP contribution in [0.25, 0.3) is 0 Å². The number of carbonyl (C=O) groups excluding carboxylic acids is 1. The van der Waals surface area contributed by atoms with Crippen molar-refractivity contribution in [3.8, 4) is 0 Å². The lowest BCUT2D eigenvalue weighted by Crippen LogP contribution is -2.49. The predicted octanol–water partition coefficient (Wildman–Crippen LogP) is -0.568. The Morgan fingerprint density at radius 3 is 2.69 bits per heavy atom. The zero-order valence-electron chi connectivity index (χ0n) is 9.24. The zero-order valence-corrected chi connectivity index (χ0v) is 10.1. The second kappa shape index (κ2) is 4.71. The van der Waals surface area contributed by atoms with Crippen LogP contribution in [0.5, 0.6) is 0 Å². The quantitative estimate of drug-likeness (QED) is 0.684. The molecule has 0 spiro atoms. The predicted molar refractivity (Wildman–Crippen MR) is 60.8 cm³/mol. The Bertz CT molecular complexity index is 360. The molecule has 2 N–H and O–H groups in total. The second-order valence-electron chi connectivity index (χ2n) is 4.61. The molecule has 16 heavy (non-hydrogen) atoms. The Morgan fingerprint density at radius 1 is 1.25 bits per heavy atom. The molecule has 5 nitrogen and oxygen atoms in total. The molecule has 0 aromatic heterocycles. The van der Waals surface area contributed by atoms with Gasteiger partial charge in [0.1, 0.15) is 0 Å². The van der Waals surface area contributed by atoms with Crippen LogP contribution in [0, 0.1) is 0 Å². The van der Waals surface area contributed by atoms with Crippen LogP contribution in [0.1, 0.15) is 25.7 Å². The molecular weight excluding hydrogens is 228 g/mol. The lowest BCUT2D eigenvalue weighted by Gasteiger charge is -2.24. The van der Waals surface area contributed by atoms with E-state index in [0.717, 1.165) is 25.8 Å². The Hall–Kier alpha value is -0.620. The lowest BCUT2D eigenvalue weighted by molar-refractivity contribution is -0.123. The first-order chi connectivity index (χ1) is 7.57. The summed E-state index contributed by atoms with van der Waals surface area (Å²) in [6, 6.07) is -0.307. The number of rotatable bonds is 2.